The van der Waals surface area contributed by atoms with Gasteiger partial charge in [0.15, 0.2) is 0 Å². The summed E-state index contributed by atoms with van der Waals surface area (Å²) in [5, 5.41) is 2.77. The molecule has 8 heteroatoms. The minimum absolute atomic E-state index is 0.131. The number of hydrogen-bond donors (Lipinski definition) is 1. The molecule has 0 heterocycles. The average molecular weight is 423 g/mol. The van der Waals surface area contributed by atoms with Crippen LogP contribution < -0.4 is 10.1 Å². The van der Waals surface area contributed by atoms with Gasteiger partial charge in [-0.3, -0.25) is 4.79 Å². The molecule has 0 aromatic heterocycles. The van der Waals surface area contributed by atoms with E-state index < -0.39 is 10.0 Å². The van der Waals surface area contributed by atoms with Gasteiger partial charge in [-0.15, -0.1) is 11.8 Å². The summed E-state index contributed by atoms with van der Waals surface area (Å²) >= 11 is 1.59. The van der Waals surface area contributed by atoms with Gasteiger partial charge < -0.3 is 10.1 Å². The molecular formula is C20H26N2O4S2. The molecule has 0 aliphatic carbocycles. The van der Waals surface area contributed by atoms with Crippen LogP contribution in [0.3, 0.4) is 0 Å². The van der Waals surface area contributed by atoms with Crippen molar-refractivity contribution in [3.05, 3.63) is 48.5 Å². The first-order valence-corrected chi connectivity index (χ1v) is 11.5. The van der Waals surface area contributed by atoms with Crippen LogP contribution in [0.2, 0.25) is 0 Å². The highest BCUT2D eigenvalue weighted by molar-refractivity contribution is 7.99. The highest BCUT2D eigenvalue weighted by Crippen LogP contribution is 2.29. The number of thioether (sulfide) groups is 1. The highest BCUT2D eigenvalue weighted by atomic mass is 32.2. The van der Waals surface area contributed by atoms with Crippen LogP contribution in [0.25, 0.3) is 0 Å². The Bertz CT molecular complexity index is 882. The largest absolute Gasteiger partial charge is 0.495 e. The number of methoxy groups -OCH3 is 1. The van der Waals surface area contributed by atoms with Gasteiger partial charge in [0.1, 0.15) is 5.75 Å². The summed E-state index contributed by atoms with van der Waals surface area (Å²) in [7, 11) is -2.13. The predicted octanol–water partition coefficient (Wildman–Crippen LogP) is 3.85. The van der Waals surface area contributed by atoms with Gasteiger partial charge in [-0.05, 0) is 30.3 Å². The Kier molecular flexibility index (Phi) is 8.35. The fourth-order valence-corrected chi connectivity index (χ4v) is 5.01. The average Bonchev–Trinajstić information content (AvgIpc) is 2.69. The number of benzene rings is 2. The van der Waals surface area contributed by atoms with Crippen molar-refractivity contribution in [2.24, 2.45) is 0 Å². The SMILES string of the molecule is CCN(CC)S(=O)(=O)c1ccc(OC)c(NC(=O)CCSc2ccccc2)c1. The molecule has 1 N–H and O–H groups in total. The molecule has 6 nitrogen and oxygen atoms in total. The van der Waals surface area contributed by atoms with Crippen LogP contribution in [0.4, 0.5) is 5.69 Å². The number of sulfonamides is 1. The number of hydrogen-bond acceptors (Lipinski definition) is 5. The van der Waals surface area contributed by atoms with Gasteiger partial charge in [0.05, 0.1) is 17.7 Å². The minimum atomic E-state index is -3.62. The van der Waals surface area contributed by atoms with E-state index in [1.54, 1.807) is 31.7 Å². The first-order valence-electron chi connectivity index (χ1n) is 9.08. The Morgan fingerprint density at radius 2 is 1.79 bits per heavy atom. The predicted molar refractivity (Wildman–Crippen MR) is 114 cm³/mol. The summed E-state index contributed by atoms with van der Waals surface area (Å²) in [6.45, 7) is 4.34. The zero-order valence-corrected chi connectivity index (χ0v) is 18.0. The summed E-state index contributed by atoms with van der Waals surface area (Å²) in [6, 6.07) is 14.3. The maximum atomic E-state index is 12.7. The van der Waals surface area contributed by atoms with Crippen LogP contribution in [0.15, 0.2) is 58.3 Å². The van der Waals surface area contributed by atoms with E-state index in [0.717, 1.165) is 4.90 Å². The molecule has 2 aromatic carbocycles. The van der Waals surface area contributed by atoms with Crippen molar-refractivity contribution in [3.63, 3.8) is 0 Å². The van der Waals surface area contributed by atoms with Gasteiger partial charge >= 0.3 is 0 Å². The van der Waals surface area contributed by atoms with Crippen LogP contribution >= 0.6 is 11.8 Å². The van der Waals surface area contributed by atoms with Gasteiger partial charge in [0.2, 0.25) is 15.9 Å². The lowest BCUT2D eigenvalue weighted by molar-refractivity contribution is -0.115. The van der Waals surface area contributed by atoms with Crippen molar-refractivity contribution in [1.29, 1.82) is 0 Å². The van der Waals surface area contributed by atoms with E-state index in [-0.39, 0.29) is 10.8 Å². The number of carbonyl (C=O) groups is 1. The van der Waals surface area contributed by atoms with Crippen molar-refractivity contribution in [2.75, 3.05) is 31.3 Å². The second kappa shape index (κ2) is 10.5. The second-order valence-electron chi connectivity index (χ2n) is 5.91. The third kappa shape index (κ3) is 5.73. The van der Waals surface area contributed by atoms with E-state index in [1.807, 2.05) is 30.3 Å². The van der Waals surface area contributed by atoms with E-state index in [1.165, 1.54) is 23.5 Å². The Hall–Kier alpha value is -2.03. The second-order valence-corrected chi connectivity index (χ2v) is 9.02. The number of amides is 1. The highest BCUT2D eigenvalue weighted by Gasteiger charge is 2.23. The molecule has 2 rings (SSSR count). The van der Waals surface area contributed by atoms with Crippen LogP contribution in [0, 0.1) is 0 Å². The molecule has 0 aliphatic rings. The zero-order chi connectivity index (χ0) is 20.6. The number of nitrogens with one attached hydrogen (secondary N) is 1. The van der Waals surface area contributed by atoms with Gasteiger partial charge in [0, 0.05) is 30.2 Å². The third-order valence-corrected chi connectivity index (χ3v) is 7.19. The van der Waals surface area contributed by atoms with Gasteiger partial charge in [-0.2, -0.15) is 4.31 Å². The normalized spacial score (nSPS) is 11.4. The van der Waals surface area contributed by atoms with Crippen LogP contribution in [0.5, 0.6) is 5.75 Å². The molecule has 0 spiro atoms. The molecule has 0 radical (unpaired) electrons. The Morgan fingerprint density at radius 1 is 1.11 bits per heavy atom. The topological polar surface area (TPSA) is 75.7 Å². The van der Waals surface area contributed by atoms with E-state index in [0.29, 0.717) is 36.7 Å². The lowest BCUT2D eigenvalue weighted by atomic mass is 10.3. The quantitative estimate of drug-likeness (QED) is 0.589. The third-order valence-electron chi connectivity index (χ3n) is 4.13. The van der Waals surface area contributed by atoms with Gasteiger partial charge in [0.25, 0.3) is 0 Å². The van der Waals surface area contributed by atoms with Crippen molar-refractivity contribution < 1.29 is 17.9 Å². The van der Waals surface area contributed by atoms with E-state index >= 15 is 0 Å². The molecule has 0 saturated heterocycles. The Balaban J connectivity index is 2.10. The summed E-state index contributed by atoms with van der Waals surface area (Å²) in [5.74, 6) is 0.844. The van der Waals surface area contributed by atoms with Crippen molar-refractivity contribution >= 4 is 33.4 Å². The van der Waals surface area contributed by atoms with Crippen molar-refractivity contribution in [1.82, 2.24) is 4.31 Å². The van der Waals surface area contributed by atoms with Crippen LogP contribution in [-0.4, -0.2) is 44.6 Å². The zero-order valence-electron chi connectivity index (χ0n) is 16.3. The van der Waals surface area contributed by atoms with Crippen LogP contribution in [0.1, 0.15) is 20.3 Å². The number of rotatable bonds is 10. The molecule has 0 aliphatic heterocycles. The molecule has 0 unspecified atom stereocenters. The Labute approximate surface area is 171 Å². The smallest absolute Gasteiger partial charge is 0.243 e. The molecule has 0 bridgehead atoms. The minimum Gasteiger partial charge on any atom is -0.495 e. The fraction of sp³-hybridized carbons (Fsp3) is 0.350. The molecule has 152 valence electrons. The van der Waals surface area contributed by atoms with E-state index in [2.05, 4.69) is 5.32 Å². The molecule has 0 fully saturated rings. The molecule has 0 atom stereocenters. The number of anilines is 1. The number of ether oxygens (including phenoxy) is 1. The molecular weight excluding hydrogens is 396 g/mol. The first kappa shape index (κ1) is 22.3. The van der Waals surface area contributed by atoms with Crippen molar-refractivity contribution in [2.45, 2.75) is 30.1 Å². The summed E-state index contributed by atoms with van der Waals surface area (Å²) in [4.78, 5) is 13.6. The number of nitrogens with zero attached hydrogens (tertiary/aromatic N) is 1. The monoisotopic (exact) mass is 422 g/mol. The molecule has 2 aromatic rings. The summed E-state index contributed by atoms with van der Waals surface area (Å²) in [6.07, 6.45) is 0.301. The lowest BCUT2D eigenvalue weighted by Gasteiger charge is -2.19. The maximum Gasteiger partial charge on any atom is 0.243 e. The first-order chi connectivity index (χ1) is 13.4. The van der Waals surface area contributed by atoms with E-state index in [9.17, 15) is 13.2 Å². The summed E-state index contributed by atoms with van der Waals surface area (Å²) in [5.41, 5.74) is 0.352. The fourth-order valence-electron chi connectivity index (χ4n) is 2.65. The lowest BCUT2D eigenvalue weighted by Crippen LogP contribution is -2.30. The van der Waals surface area contributed by atoms with Gasteiger partial charge in [-0.1, -0.05) is 32.0 Å². The standard InChI is InChI=1S/C20H26N2O4S2/c1-4-22(5-2)28(24,25)17-11-12-19(26-3)18(15-17)21-20(23)13-14-27-16-9-7-6-8-10-16/h6-12,15H,4-5,13-14H2,1-3H3,(H,21,23). The number of carbonyl (C=O) groups excluding carboxylic acids is 1. The molecule has 1 amide bonds. The molecule has 0 saturated carbocycles. The van der Waals surface area contributed by atoms with Gasteiger partial charge in [-0.25, -0.2) is 8.42 Å². The maximum absolute atomic E-state index is 12.7. The van der Waals surface area contributed by atoms with Crippen molar-refractivity contribution in [3.8, 4) is 5.75 Å². The van der Waals surface area contributed by atoms with Crippen LogP contribution in [-0.2, 0) is 14.8 Å². The molecule has 28 heavy (non-hydrogen) atoms. The Morgan fingerprint density at radius 3 is 2.39 bits per heavy atom. The summed E-state index contributed by atoms with van der Waals surface area (Å²) < 4.78 is 32.1. The van der Waals surface area contributed by atoms with E-state index in [4.69, 9.17) is 4.74 Å².